The molecule has 0 saturated carbocycles. The first-order valence-corrected chi connectivity index (χ1v) is 5.12. The highest BCUT2D eigenvalue weighted by molar-refractivity contribution is 5.82. The zero-order chi connectivity index (χ0) is 10.7. The Morgan fingerprint density at radius 2 is 2.29 bits per heavy atom. The number of hydrogen-bond acceptors (Lipinski definition) is 2. The van der Waals surface area contributed by atoms with E-state index in [0.29, 0.717) is 13.0 Å². The van der Waals surface area contributed by atoms with Gasteiger partial charge in [-0.05, 0) is 6.92 Å². The van der Waals surface area contributed by atoms with Crippen LogP contribution in [0.1, 0.15) is 27.2 Å². The second kappa shape index (κ2) is 4.44. The first-order chi connectivity index (χ1) is 6.54. The molecule has 1 aliphatic rings. The maximum Gasteiger partial charge on any atom is 0.224 e. The monoisotopic (exact) mass is 198 g/mol. The highest BCUT2D eigenvalue weighted by Crippen LogP contribution is 2.10. The molecule has 1 atom stereocenters. The summed E-state index contributed by atoms with van der Waals surface area (Å²) in [6.45, 7) is 7.04. The first kappa shape index (κ1) is 11.0. The van der Waals surface area contributed by atoms with Crippen molar-refractivity contribution < 1.29 is 9.59 Å². The van der Waals surface area contributed by atoms with E-state index >= 15 is 0 Å². The Morgan fingerprint density at radius 1 is 1.64 bits per heavy atom. The van der Waals surface area contributed by atoms with Gasteiger partial charge in [0.05, 0.1) is 6.04 Å². The van der Waals surface area contributed by atoms with E-state index < -0.39 is 0 Å². The molecular weight excluding hydrogens is 180 g/mol. The normalized spacial score (nSPS) is 21.9. The average molecular weight is 198 g/mol. The fourth-order valence-electron chi connectivity index (χ4n) is 1.54. The highest BCUT2D eigenvalue weighted by Gasteiger charge is 2.29. The molecule has 1 N–H and O–H groups in total. The van der Waals surface area contributed by atoms with Crippen molar-refractivity contribution in [1.82, 2.24) is 10.2 Å². The molecule has 1 fully saturated rings. The third-order valence-corrected chi connectivity index (χ3v) is 2.47. The molecule has 0 spiro atoms. The van der Waals surface area contributed by atoms with E-state index in [0.717, 1.165) is 6.54 Å². The third kappa shape index (κ3) is 2.47. The van der Waals surface area contributed by atoms with Crippen LogP contribution in [0.3, 0.4) is 0 Å². The van der Waals surface area contributed by atoms with E-state index in [4.69, 9.17) is 0 Å². The second-order valence-corrected chi connectivity index (χ2v) is 4.00. The Hall–Kier alpha value is -1.06. The highest BCUT2D eigenvalue weighted by atomic mass is 16.2. The molecular formula is C10H18N2O2. The van der Waals surface area contributed by atoms with E-state index in [9.17, 15) is 9.59 Å². The Labute approximate surface area is 84.7 Å². The number of nitrogens with zero attached hydrogens (tertiary/aromatic N) is 1. The van der Waals surface area contributed by atoms with Crippen LogP contribution in [0.4, 0.5) is 0 Å². The molecule has 1 aliphatic heterocycles. The minimum atomic E-state index is -0.0132. The molecule has 80 valence electrons. The lowest BCUT2D eigenvalue weighted by molar-refractivity contribution is -0.127. The Balaban J connectivity index is 2.42. The number of hydrogen-bond donors (Lipinski definition) is 1. The summed E-state index contributed by atoms with van der Waals surface area (Å²) in [5.41, 5.74) is 0. The summed E-state index contributed by atoms with van der Waals surface area (Å²) in [5, 5.41) is 2.87. The van der Waals surface area contributed by atoms with E-state index in [2.05, 4.69) is 5.32 Å². The summed E-state index contributed by atoms with van der Waals surface area (Å²) >= 11 is 0. The lowest BCUT2D eigenvalue weighted by Crippen LogP contribution is -2.39. The Morgan fingerprint density at radius 3 is 2.71 bits per heavy atom. The third-order valence-electron chi connectivity index (χ3n) is 2.47. The van der Waals surface area contributed by atoms with Gasteiger partial charge in [-0.3, -0.25) is 9.59 Å². The standard InChI is InChI=1S/C10H18N2O2/c1-4-12-6-8(5-9(12)13)11-10(14)7(2)3/h7-8H,4-6H2,1-3H3,(H,11,14)/t8-/m1/s1. The van der Waals surface area contributed by atoms with Crippen molar-refractivity contribution in [3.8, 4) is 0 Å². The summed E-state index contributed by atoms with van der Waals surface area (Å²) in [5.74, 6) is 0.156. The van der Waals surface area contributed by atoms with Crippen LogP contribution in [-0.4, -0.2) is 35.8 Å². The van der Waals surface area contributed by atoms with Gasteiger partial charge < -0.3 is 10.2 Å². The van der Waals surface area contributed by atoms with Crippen LogP contribution >= 0.6 is 0 Å². The van der Waals surface area contributed by atoms with Gasteiger partial charge in [-0.1, -0.05) is 13.8 Å². The van der Waals surface area contributed by atoms with E-state index in [1.54, 1.807) is 4.90 Å². The fourth-order valence-corrected chi connectivity index (χ4v) is 1.54. The van der Waals surface area contributed by atoms with Crippen LogP contribution < -0.4 is 5.32 Å². The van der Waals surface area contributed by atoms with Gasteiger partial charge in [0.25, 0.3) is 0 Å². The predicted molar refractivity (Wildman–Crippen MR) is 53.6 cm³/mol. The van der Waals surface area contributed by atoms with Crippen molar-refractivity contribution in [3.05, 3.63) is 0 Å². The van der Waals surface area contributed by atoms with Crippen LogP contribution in [0.15, 0.2) is 0 Å². The molecule has 4 nitrogen and oxygen atoms in total. The van der Waals surface area contributed by atoms with Crippen molar-refractivity contribution in [1.29, 1.82) is 0 Å². The van der Waals surface area contributed by atoms with Crippen molar-refractivity contribution in [2.45, 2.75) is 33.2 Å². The maximum atomic E-state index is 11.4. The summed E-state index contributed by atoms with van der Waals surface area (Å²) < 4.78 is 0. The van der Waals surface area contributed by atoms with Crippen molar-refractivity contribution in [2.24, 2.45) is 5.92 Å². The van der Waals surface area contributed by atoms with E-state index in [-0.39, 0.29) is 23.8 Å². The van der Waals surface area contributed by atoms with Crippen LogP contribution in [-0.2, 0) is 9.59 Å². The minimum Gasteiger partial charge on any atom is -0.351 e. The van der Waals surface area contributed by atoms with Gasteiger partial charge in [-0.2, -0.15) is 0 Å². The zero-order valence-electron chi connectivity index (χ0n) is 9.04. The SMILES string of the molecule is CCN1C[C@H](NC(=O)C(C)C)CC1=O. The van der Waals surface area contributed by atoms with Crippen molar-refractivity contribution in [3.63, 3.8) is 0 Å². The quantitative estimate of drug-likeness (QED) is 0.712. The van der Waals surface area contributed by atoms with Gasteiger partial charge in [0.15, 0.2) is 0 Å². The molecule has 0 radical (unpaired) electrons. The van der Waals surface area contributed by atoms with Crippen molar-refractivity contribution in [2.75, 3.05) is 13.1 Å². The molecule has 2 amide bonds. The molecule has 4 heteroatoms. The number of likely N-dealkylation sites (N-methyl/N-ethyl adjacent to an activating group) is 1. The summed E-state index contributed by atoms with van der Waals surface area (Å²) in [6.07, 6.45) is 0.451. The predicted octanol–water partition coefficient (Wildman–Crippen LogP) is 0.379. The maximum absolute atomic E-state index is 11.4. The Kier molecular flexibility index (Phi) is 3.49. The molecule has 0 aromatic carbocycles. The second-order valence-electron chi connectivity index (χ2n) is 4.00. The van der Waals surface area contributed by atoms with Gasteiger partial charge in [0.2, 0.25) is 11.8 Å². The number of carbonyl (C=O) groups is 2. The molecule has 0 aromatic heterocycles. The number of nitrogens with one attached hydrogen (secondary N) is 1. The number of rotatable bonds is 3. The molecule has 0 unspecified atom stereocenters. The summed E-state index contributed by atoms with van der Waals surface area (Å²) in [4.78, 5) is 24.5. The zero-order valence-corrected chi connectivity index (χ0v) is 9.04. The van der Waals surface area contributed by atoms with Gasteiger partial charge >= 0.3 is 0 Å². The van der Waals surface area contributed by atoms with E-state index in [1.807, 2.05) is 20.8 Å². The van der Waals surface area contributed by atoms with Gasteiger partial charge in [0.1, 0.15) is 0 Å². The summed E-state index contributed by atoms with van der Waals surface area (Å²) in [7, 11) is 0. The summed E-state index contributed by atoms with van der Waals surface area (Å²) in [6, 6.07) is 0.0114. The largest absolute Gasteiger partial charge is 0.351 e. The topological polar surface area (TPSA) is 49.4 Å². The lowest BCUT2D eigenvalue weighted by Gasteiger charge is -2.15. The number of carbonyl (C=O) groups excluding carboxylic acids is 2. The molecule has 0 aromatic rings. The van der Waals surface area contributed by atoms with Gasteiger partial charge in [0, 0.05) is 25.4 Å². The lowest BCUT2D eigenvalue weighted by atomic mass is 10.2. The number of amides is 2. The van der Waals surface area contributed by atoms with E-state index in [1.165, 1.54) is 0 Å². The van der Waals surface area contributed by atoms with Crippen LogP contribution in [0, 0.1) is 5.92 Å². The van der Waals surface area contributed by atoms with Crippen LogP contribution in [0.25, 0.3) is 0 Å². The van der Waals surface area contributed by atoms with Crippen LogP contribution in [0.5, 0.6) is 0 Å². The van der Waals surface area contributed by atoms with Crippen molar-refractivity contribution >= 4 is 11.8 Å². The Bertz CT molecular complexity index is 238. The molecule has 1 heterocycles. The van der Waals surface area contributed by atoms with Gasteiger partial charge in [-0.25, -0.2) is 0 Å². The molecule has 1 rings (SSSR count). The fraction of sp³-hybridized carbons (Fsp3) is 0.800. The smallest absolute Gasteiger partial charge is 0.224 e. The minimum absolute atomic E-state index is 0.0114. The first-order valence-electron chi connectivity index (χ1n) is 5.12. The average Bonchev–Trinajstić information content (AvgIpc) is 2.45. The van der Waals surface area contributed by atoms with Crippen LogP contribution in [0.2, 0.25) is 0 Å². The molecule has 0 bridgehead atoms. The molecule has 1 saturated heterocycles. The molecule has 14 heavy (non-hydrogen) atoms. The number of likely N-dealkylation sites (tertiary alicyclic amines) is 1. The molecule has 0 aliphatic carbocycles. The van der Waals surface area contributed by atoms with Gasteiger partial charge in [-0.15, -0.1) is 0 Å².